The number of phenolic OH excluding ortho intramolecular Hbond substituents is 1. The summed E-state index contributed by atoms with van der Waals surface area (Å²) < 4.78 is 60.9. The maximum absolute atomic E-state index is 14.3. The van der Waals surface area contributed by atoms with Gasteiger partial charge in [0.2, 0.25) is 5.82 Å². The summed E-state index contributed by atoms with van der Waals surface area (Å²) in [7, 11) is 0. The molecule has 4 rings (SSSR count). The van der Waals surface area contributed by atoms with Gasteiger partial charge in [0.25, 0.3) is 0 Å². The second-order valence-corrected chi connectivity index (χ2v) is 6.34. The van der Waals surface area contributed by atoms with Crippen molar-refractivity contribution in [3.63, 3.8) is 0 Å². The summed E-state index contributed by atoms with van der Waals surface area (Å²) in [5.74, 6) is -5.13. The number of rotatable bonds is 3. The standard InChI is InChI=1S/C16H16F4O2/c1-15-4-6-16(7-5-15,14(20)13(15)19)22-8-9-2-3-10(21)12(18)11(9)17/h2-3,21H,4-8H2,1H3. The van der Waals surface area contributed by atoms with Crippen molar-refractivity contribution in [2.24, 2.45) is 5.41 Å². The van der Waals surface area contributed by atoms with Gasteiger partial charge in [-0.1, -0.05) is 6.92 Å². The molecule has 2 bridgehead atoms. The lowest BCUT2D eigenvalue weighted by Crippen LogP contribution is -2.47. The van der Waals surface area contributed by atoms with Crippen LogP contribution in [0.2, 0.25) is 0 Å². The van der Waals surface area contributed by atoms with Crippen molar-refractivity contribution < 1.29 is 27.4 Å². The van der Waals surface area contributed by atoms with Crippen LogP contribution in [-0.4, -0.2) is 10.7 Å². The fraction of sp³-hybridized carbons (Fsp3) is 0.500. The zero-order valence-electron chi connectivity index (χ0n) is 12.1. The van der Waals surface area contributed by atoms with Crippen LogP contribution >= 0.6 is 0 Å². The van der Waals surface area contributed by atoms with Crippen LogP contribution in [-0.2, 0) is 11.3 Å². The summed E-state index contributed by atoms with van der Waals surface area (Å²) >= 11 is 0. The van der Waals surface area contributed by atoms with Crippen LogP contribution in [0.3, 0.4) is 0 Å². The Hall–Kier alpha value is -1.56. The van der Waals surface area contributed by atoms with Crippen LogP contribution in [0.25, 0.3) is 0 Å². The molecule has 22 heavy (non-hydrogen) atoms. The number of aromatic hydroxyl groups is 1. The Balaban J connectivity index is 1.84. The third-order valence-corrected chi connectivity index (χ3v) is 4.93. The van der Waals surface area contributed by atoms with E-state index in [1.807, 2.05) is 0 Å². The fourth-order valence-electron chi connectivity index (χ4n) is 3.22. The highest BCUT2D eigenvalue weighted by atomic mass is 19.2. The summed E-state index contributed by atoms with van der Waals surface area (Å²) in [5, 5.41) is 9.08. The van der Waals surface area contributed by atoms with Gasteiger partial charge in [-0.2, -0.15) is 4.39 Å². The number of phenols is 1. The average Bonchev–Trinajstić information content (AvgIpc) is 2.51. The third kappa shape index (κ3) is 2.12. The minimum absolute atomic E-state index is 0.142. The molecule has 1 aromatic rings. The van der Waals surface area contributed by atoms with E-state index in [0.717, 1.165) is 12.1 Å². The van der Waals surface area contributed by atoms with E-state index in [1.54, 1.807) is 6.92 Å². The molecule has 6 heteroatoms. The molecule has 0 spiro atoms. The minimum Gasteiger partial charge on any atom is -0.505 e. The smallest absolute Gasteiger partial charge is 0.200 e. The molecule has 0 aromatic heterocycles. The highest BCUT2D eigenvalue weighted by molar-refractivity contribution is 5.31. The van der Waals surface area contributed by atoms with E-state index in [4.69, 9.17) is 9.84 Å². The van der Waals surface area contributed by atoms with Crippen molar-refractivity contribution in [1.82, 2.24) is 0 Å². The first-order valence-electron chi connectivity index (χ1n) is 7.15. The molecule has 0 saturated heterocycles. The topological polar surface area (TPSA) is 29.5 Å². The number of halogens is 4. The van der Waals surface area contributed by atoms with Crippen LogP contribution < -0.4 is 0 Å². The van der Waals surface area contributed by atoms with Gasteiger partial charge in [-0.25, -0.2) is 13.2 Å². The molecule has 2 nitrogen and oxygen atoms in total. The van der Waals surface area contributed by atoms with E-state index in [9.17, 15) is 17.6 Å². The van der Waals surface area contributed by atoms with Gasteiger partial charge in [-0.05, 0) is 37.8 Å². The predicted octanol–water partition coefficient (Wildman–Crippen LogP) is 4.67. The molecule has 0 aliphatic heterocycles. The lowest BCUT2D eigenvalue weighted by atomic mass is 9.63. The Bertz CT molecular complexity index is 646. The number of ether oxygens (including phenoxy) is 1. The number of fused-ring (bicyclic) bond motifs is 2. The van der Waals surface area contributed by atoms with Gasteiger partial charge in [0.15, 0.2) is 17.4 Å². The summed E-state index contributed by atoms with van der Waals surface area (Å²) in [4.78, 5) is 0. The molecule has 120 valence electrons. The first-order chi connectivity index (χ1) is 10.3. The first-order valence-corrected chi connectivity index (χ1v) is 7.15. The van der Waals surface area contributed by atoms with Gasteiger partial charge in [0, 0.05) is 11.0 Å². The summed E-state index contributed by atoms with van der Waals surface area (Å²) in [5.41, 5.74) is -2.30. The van der Waals surface area contributed by atoms with Gasteiger partial charge >= 0.3 is 0 Å². The predicted molar refractivity (Wildman–Crippen MR) is 71.4 cm³/mol. The van der Waals surface area contributed by atoms with Gasteiger partial charge in [0.05, 0.1) is 6.61 Å². The zero-order chi connectivity index (χ0) is 16.1. The van der Waals surface area contributed by atoms with Crippen LogP contribution in [0.4, 0.5) is 17.6 Å². The normalized spacial score (nSPS) is 31.0. The second-order valence-electron chi connectivity index (χ2n) is 6.34. The SMILES string of the molecule is CC12CCC(OCc3ccc(O)c(F)c3F)(CC1)C(F)=C2F. The van der Waals surface area contributed by atoms with Crippen LogP contribution in [0.1, 0.15) is 38.2 Å². The molecule has 3 aliphatic carbocycles. The van der Waals surface area contributed by atoms with Crippen molar-refractivity contribution in [2.75, 3.05) is 0 Å². The van der Waals surface area contributed by atoms with Crippen LogP contribution in [0.5, 0.6) is 5.75 Å². The van der Waals surface area contributed by atoms with E-state index in [-0.39, 0.29) is 12.2 Å². The van der Waals surface area contributed by atoms with Crippen molar-refractivity contribution in [2.45, 2.75) is 44.8 Å². The molecule has 0 radical (unpaired) electrons. The van der Waals surface area contributed by atoms with E-state index >= 15 is 0 Å². The number of allylic oxidation sites excluding steroid dienone is 1. The molecule has 0 atom stereocenters. The molecular weight excluding hydrogens is 300 g/mol. The Labute approximate surface area is 125 Å². The molecule has 3 aliphatic rings. The molecule has 0 unspecified atom stereocenters. The Morgan fingerprint density at radius 1 is 1.00 bits per heavy atom. The molecular formula is C16H16F4O2. The van der Waals surface area contributed by atoms with Gasteiger partial charge in [0.1, 0.15) is 11.4 Å². The zero-order valence-corrected chi connectivity index (χ0v) is 12.1. The van der Waals surface area contributed by atoms with Crippen LogP contribution in [0.15, 0.2) is 23.8 Å². The van der Waals surface area contributed by atoms with Crippen LogP contribution in [0, 0.1) is 17.0 Å². The van der Waals surface area contributed by atoms with Crippen molar-refractivity contribution in [3.05, 3.63) is 41.0 Å². The Morgan fingerprint density at radius 2 is 1.64 bits per heavy atom. The maximum atomic E-state index is 14.3. The summed E-state index contributed by atoms with van der Waals surface area (Å²) in [6.45, 7) is 1.29. The van der Waals surface area contributed by atoms with E-state index in [2.05, 4.69) is 0 Å². The van der Waals surface area contributed by atoms with Crippen molar-refractivity contribution >= 4 is 0 Å². The molecule has 0 heterocycles. The Kier molecular flexibility index (Phi) is 3.47. The highest BCUT2D eigenvalue weighted by Gasteiger charge is 2.54. The quantitative estimate of drug-likeness (QED) is 0.821. The average molecular weight is 316 g/mol. The number of benzene rings is 1. The summed E-state index contributed by atoms with van der Waals surface area (Å²) in [6, 6.07) is 2.17. The van der Waals surface area contributed by atoms with E-state index in [1.165, 1.54) is 0 Å². The first kappa shape index (κ1) is 15.3. The second kappa shape index (κ2) is 4.98. The van der Waals surface area contributed by atoms with Gasteiger partial charge in [-0.3, -0.25) is 0 Å². The van der Waals surface area contributed by atoms with Crippen molar-refractivity contribution in [3.8, 4) is 5.75 Å². The van der Waals surface area contributed by atoms with E-state index in [0.29, 0.717) is 25.7 Å². The van der Waals surface area contributed by atoms with Gasteiger partial charge < -0.3 is 9.84 Å². The molecule has 1 fully saturated rings. The largest absolute Gasteiger partial charge is 0.505 e. The Morgan fingerprint density at radius 3 is 2.27 bits per heavy atom. The van der Waals surface area contributed by atoms with Crippen molar-refractivity contribution in [1.29, 1.82) is 0 Å². The lowest BCUT2D eigenvalue weighted by molar-refractivity contribution is -0.104. The maximum Gasteiger partial charge on any atom is 0.200 e. The number of hydrogen-bond donors (Lipinski definition) is 1. The number of hydrogen-bond acceptors (Lipinski definition) is 2. The van der Waals surface area contributed by atoms with Gasteiger partial charge in [-0.15, -0.1) is 0 Å². The minimum atomic E-state index is -1.39. The highest BCUT2D eigenvalue weighted by Crippen LogP contribution is 2.57. The lowest BCUT2D eigenvalue weighted by Gasteiger charge is -2.48. The summed E-state index contributed by atoms with van der Waals surface area (Å²) in [6.07, 6.45) is 1.53. The monoisotopic (exact) mass is 316 g/mol. The van der Waals surface area contributed by atoms with E-state index < -0.39 is 40.1 Å². The fourth-order valence-corrected chi connectivity index (χ4v) is 3.22. The molecule has 1 N–H and O–H groups in total. The third-order valence-electron chi connectivity index (χ3n) is 4.93. The molecule has 1 aromatic carbocycles. The molecule has 1 saturated carbocycles. The molecule has 0 amide bonds.